The van der Waals surface area contributed by atoms with Crippen LogP contribution in [0.4, 0.5) is 0 Å². The molecule has 0 saturated heterocycles. The van der Waals surface area contributed by atoms with Crippen molar-refractivity contribution < 1.29 is 19.7 Å². The molecular weight excluding hydrogens is 523 g/mol. The van der Waals surface area contributed by atoms with Gasteiger partial charge in [-0.3, -0.25) is 4.79 Å². The summed E-state index contributed by atoms with van der Waals surface area (Å²) in [6, 6.07) is 0. The molecule has 0 aromatic heterocycles. The van der Waals surface area contributed by atoms with Crippen LogP contribution in [0.3, 0.4) is 0 Å². The molecule has 2 radical (unpaired) electrons. The molecule has 0 aliphatic rings. The van der Waals surface area contributed by atoms with Crippen LogP contribution in [0, 0.1) is 0 Å². The normalized spacial score (nSPS) is 11.8. The third kappa shape index (κ3) is 22.4. The Kier molecular flexibility index (Phi) is 25.6. The second-order valence-electron chi connectivity index (χ2n) is 7.22. The van der Waals surface area contributed by atoms with Gasteiger partial charge in [-0.25, -0.2) is 0 Å². The van der Waals surface area contributed by atoms with Gasteiger partial charge < -0.3 is 14.9 Å². The SMILES string of the molecule is CCCCCCCCCCCCCCCCCC(=O)OCC(O)CO.[PbH2]. The molecule has 1 atom stereocenters. The summed E-state index contributed by atoms with van der Waals surface area (Å²) in [7, 11) is 0. The van der Waals surface area contributed by atoms with E-state index < -0.39 is 6.10 Å². The average Bonchev–Trinajstić information content (AvgIpc) is 2.62. The quantitative estimate of drug-likeness (QED) is 0.139. The van der Waals surface area contributed by atoms with E-state index >= 15 is 0 Å². The first-order chi connectivity index (χ1) is 12.2. The molecule has 0 aromatic carbocycles. The van der Waals surface area contributed by atoms with Crippen LogP contribution in [-0.2, 0) is 9.53 Å². The molecule has 0 aliphatic heterocycles. The number of unbranched alkanes of at least 4 members (excludes halogenated alkanes) is 14. The van der Waals surface area contributed by atoms with Gasteiger partial charge in [-0.1, -0.05) is 96.8 Å². The summed E-state index contributed by atoms with van der Waals surface area (Å²) < 4.78 is 4.86. The molecular formula is C21H44O4Pb. The van der Waals surface area contributed by atoms with Crippen LogP contribution in [0.1, 0.15) is 110 Å². The van der Waals surface area contributed by atoms with Crippen LogP contribution in [0.15, 0.2) is 0 Å². The summed E-state index contributed by atoms with van der Waals surface area (Å²) in [5.74, 6) is -0.276. The van der Waals surface area contributed by atoms with Gasteiger partial charge in [-0.15, -0.1) is 0 Å². The van der Waals surface area contributed by atoms with Crippen molar-refractivity contribution in [1.29, 1.82) is 0 Å². The van der Waals surface area contributed by atoms with Crippen molar-refractivity contribution in [3.8, 4) is 0 Å². The summed E-state index contributed by atoms with van der Waals surface area (Å²) >= 11 is 0. The number of aliphatic hydroxyl groups excluding tert-OH is 2. The van der Waals surface area contributed by atoms with E-state index in [9.17, 15) is 4.79 Å². The Morgan fingerprint density at radius 2 is 1.15 bits per heavy atom. The molecule has 1 unspecified atom stereocenters. The molecule has 4 nitrogen and oxygen atoms in total. The van der Waals surface area contributed by atoms with Crippen LogP contribution in [-0.4, -0.2) is 62.8 Å². The zero-order valence-electron chi connectivity index (χ0n) is 17.2. The van der Waals surface area contributed by atoms with E-state index in [4.69, 9.17) is 14.9 Å². The molecule has 0 spiro atoms. The molecule has 0 amide bonds. The van der Waals surface area contributed by atoms with Crippen molar-refractivity contribution >= 4 is 33.3 Å². The number of ether oxygens (including phenoxy) is 1. The molecule has 0 aliphatic carbocycles. The van der Waals surface area contributed by atoms with Crippen molar-refractivity contribution in [2.45, 2.75) is 116 Å². The first-order valence-corrected chi connectivity index (χ1v) is 10.6. The fourth-order valence-electron chi connectivity index (χ4n) is 2.95. The van der Waals surface area contributed by atoms with Gasteiger partial charge in [-0.2, -0.15) is 0 Å². The van der Waals surface area contributed by atoms with Crippen molar-refractivity contribution in [3.63, 3.8) is 0 Å². The average molecular weight is 568 g/mol. The Morgan fingerprint density at radius 3 is 1.54 bits per heavy atom. The fraction of sp³-hybridized carbons (Fsp3) is 0.952. The predicted octanol–water partition coefficient (Wildman–Crippen LogP) is 4.23. The Hall–Kier alpha value is 0.312. The van der Waals surface area contributed by atoms with E-state index in [-0.39, 0.29) is 46.5 Å². The monoisotopic (exact) mass is 568 g/mol. The Bertz CT molecular complexity index is 287. The van der Waals surface area contributed by atoms with Crippen LogP contribution in [0.5, 0.6) is 0 Å². The van der Waals surface area contributed by atoms with Gasteiger partial charge in [-0.05, 0) is 6.42 Å². The maximum atomic E-state index is 11.4. The van der Waals surface area contributed by atoms with E-state index in [0.29, 0.717) is 6.42 Å². The molecule has 156 valence electrons. The van der Waals surface area contributed by atoms with Crippen molar-refractivity contribution in [2.24, 2.45) is 0 Å². The molecule has 0 aromatic rings. The van der Waals surface area contributed by atoms with Crippen molar-refractivity contribution in [1.82, 2.24) is 0 Å². The molecule has 0 heterocycles. The van der Waals surface area contributed by atoms with Gasteiger partial charge in [0.15, 0.2) is 0 Å². The van der Waals surface area contributed by atoms with Crippen molar-refractivity contribution in [2.75, 3.05) is 13.2 Å². The summed E-state index contributed by atoms with van der Waals surface area (Å²) in [4.78, 5) is 11.4. The first-order valence-electron chi connectivity index (χ1n) is 10.6. The fourth-order valence-corrected chi connectivity index (χ4v) is 2.95. The van der Waals surface area contributed by atoms with E-state index in [1.165, 1.54) is 83.5 Å². The number of carbonyl (C=O) groups excluding carboxylic acids is 1. The Balaban J connectivity index is 0. The van der Waals surface area contributed by atoms with E-state index in [1.807, 2.05) is 0 Å². The molecule has 5 heteroatoms. The zero-order valence-corrected chi connectivity index (χ0v) is 22.7. The minimum absolute atomic E-state index is 0. The molecule has 0 saturated carbocycles. The second-order valence-corrected chi connectivity index (χ2v) is 7.22. The first kappa shape index (κ1) is 28.5. The van der Waals surface area contributed by atoms with E-state index in [1.54, 1.807) is 0 Å². The van der Waals surface area contributed by atoms with E-state index in [0.717, 1.165) is 12.8 Å². The Labute approximate surface area is 181 Å². The van der Waals surface area contributed by atoms with Crippen LogP contribution in [0.25, 0.3) is 0 Å². The summed E-state index contributed by atoms with van der Waals surface area (Å²) in [5, 5.41) is 17.7. The number of hydrogen-bond donors (Lipinski definition) is 2. The van der Waals surface area contributed by atoms with Crippen LogP contribution < -0.4 is 0 Å². The number of esters is 1. The standard InChI is InChI=1S/C21H42O4.Pb.2H/c1-2-3-4-5-6-7-8-9-10-11-12-13-14-15-16-17-21(24)25-19-20(23)18-22;;;/h20,22-23H,2-19H2,1H3;;;. The Morgan fingerprint density at radius 1 is 0.769 bits per heavy atom. The number of carbonyl (C=O) groups is 1. The molecule has 2 N–H and O–H groups in total. The minimum atomic E-state index is -0.954. The predicted molar refractivity (Wildman–Crippen MR) is 112 cm³/mol. The summed E-state index contributed by atoms with van der Waals surface area (Å²) in [6.07, 6.45) is 19.0. The van der Waals surface area contributed by atoms with Gasteiger partial charge in [0.05, 0.1) is 6.61 Å². The zero-order chi connectivity index (χ0) is 18.6. The molecule has 0 rings (SSSR count). The molecule has 0 bridgehead atoms. The maximum absolute atomic E-state index is 11.4. The number of rotatable bonds is 19. The number of aliphatic hydroxyl groups is 2. The number of hydrogen-bond acceptors (Lipinski definition) is 4. The van der Waals surface area contributed by atoms with Gasteiger partial charge in [0.2, 0.25) is 0 Å². The van der Waals surface area contributed by atoms with Gasteiger partial charge in [0.1, 0.15) is 12.7 Å². The molecule has 0 fully saturated rings. The van der Waals surface area contributed by atoms with Crippen molar-refractivity contribution in [3.05, 3.63) is 0 Å². The second kappa shape index (κ2) is 23.4. The van der Waals surface area contributed by atoms with E-state index in [2.05, 4.69) is 6.92 Å². The van der Waals surface area contributed by atoms with Gasteiger partial charge in [0, 0.05) is 6.42 Å². The third-order valence-electron chi connectivity index (χ3n) is 4.63. The summed E-state index contributed by atoms with van der Waals surface area (Å²) in [6.45, 7) is 1.79. The van der Waals surface area contributed by atoms with Gasteiger partial charge in [0.25, 0.3) is 0 Å². The van der Waals surface area contributed by atoms with Gasteiger partial charge >= 0.3 is 33.3 Å². The third-order valence-corrected chi connectivity index (χ3v) is 4.63. The molecule has 26 heavy (non-hydrogen) atoms. The summed E-state index contributed by atoms with van der Waals surface area (Å²) in [5.41, 5.74) is 0. The topological polar surface area (TPSA) is 66.8 Å². The van der Waals surface area contributed by atoms with Crippen LogP contribution in [0.2, 0.25) is 0 Å². The van der Waals surface area contributed by atoms with Crippen LogP contribution >= 0.6 is 0 Å².